The lowest BCUT2D eigenvalue weighted by Gasteiger charge is -2.20. The Kier molecular flexibility index (Phi) is 6.92. The molecule has 0 saturated carbocycles. The molecule has 27 heavy (non-hydrogen) atoms. The van der Waals surface area contributed by atoms with Crippen molar-refractivity contribution in [1.82, 2.24) is 10.0 Å². The Morgan fingerprint density at radius 2 is 1.63 bits per heavy atom. The molecule has 0 aliphatic rings. The van der Waals surface area contributed by atoms with Gasteiger partial charge in [-0.1, -0.05) is 24.3 Å². The third kappa shape index (κ3) is 6.65. The van der Waals surface area contributed by atoms with Crippen LogP contribution in [0.5, 0.6) is 5.75 Å². The lowest BCUT2D eigenvalue weighted by molar-refractivity contribution is -0.122. The number of ether oxygens (including phenoxy) is 1. The molecule has 0 aliphatic carbocycles. The summed E-state index contributed by atoms with van der Waals surface area (Å²) in [5.74, 6) is -0.0516. The quantitative estimate of drug-likeness (QED) is 0.721. The van der Waals surface area contributed by atoms with Crippen molar-refractivity contribution in [2.24, 2.45) is 0 Å². The fourth-order valence-electron chi connectivity index (χ4n) is 2.64. The van der Waals surface area contributed by atoms with E-state index in [0.717, 1.165) is 11.8 Å². The van der Waals surface area contributed by atoms with Gasteiger partial charge in [-0.2, -0.15) is 0 Å². The van der Waals surface area contributed by atoms with Crippen LogP contribution >= 0.6 is 0 Å². The summed E-state index contributed by atoms with van der Waals surface area (Å²) in [5, 5.41) is 2.80. The first-order valence-corrected chi connectivity index (χ1v) is 10.2. The predicted molar refractivity (Wildman–Crippen MR) is 101 cm³/mol. The molecule has 2 N–H and O–H groups in total. The minimum atomic E-state index is -3.52. The topological polar surface area (TPSA) is 84.5 Å². The SMILES string of the molecule is COc1ccc(C(CC(=O)NC(C)c2ccc(F)cc2)NS(C)(=O)=O)cc1. The van der Waals surface area contributed by atoms with Gasteiger partial charge >= 0.3 is 0 Å². The van der Waals surface area contributed by atoms with Crippen molar-refractivity contribution in [1.29, 1.82) is 0 Å². The molecule has 0 heterocycles. The highest BCUT2D eigenvalue weighted by Crippen LogP contribution is 2.22. The minimum Gasteiger partial charge on any atom is -0.497 e. The van der Waals surface area contributed by atoms with Gasteiger partial charge in [0.1, 0.15) is 11.6 Å². The predicted octanol–water partition coefficient (Wildman–Crippen LogP) is 2.69. The Hall–Kier alpha value is -2.45. The second kappa shape index (κ2) is 8.96. The third-order valence-corrected chi connectivity index (χ3v) is 4.72. The maximum atomic E-state index is 13.0. The van der Waals surface area contributed by atoms with Crippen LogP contribution in [0.15, 0.2) is 48.5 Å². The molecule has 2 aromatic carbocycles. The van der Waals surface area contributed by atoms with Crippen LogP contribution in [-0.2, 0) is 14.8 Å². The molecule has 0 aliphatic heterocycles. The molecule has 2 atom stereocenters. The van der Waals surface area contributed by atoms with E-state index in [0.29, 0.717) is 11.3 Å². The number of amides is 1. The Morgan fingerprint density at radius 1 is 1.07 bits per heavy atom. The Balaban J connectivity index is 2.11. The van der Waals surface area contributed by atoms with Crippen LogP contribution in [0.25, 0.3) is 0 Å². The van der Waals surface area contributed by atoms with E-state index in [2.05, 4.69) is 10.0 Å². The zero-order chi connectivity index (χ0) is 20.0. The molecule has 0 spiro atoms. The number of carbonyl (C=O) groups excluding carboxylic acids is 1. The average molecular weight is 394 g/mol. The summed E-state index contributed by atoms with van der Waals surface area (Å²) in [5.41, 5.74) is 1.40. The van der Waals surface area contributed by atoms with E-state index in [4.69, 9.17) is 4.74 Å². The largest absolute Gasteiger partial charge is 0.497 e. The molecule has 8 heteroatoms. The molecule has 2 rings (SSSR count). The van der Waals surface area contributed by atoms with E-state index in [-0.39, 0.29) is 24.2 Å². The number of halogens is 1. The molecule has 2 aromatic rings. The van der Waals surface area contributed by atoms with Crippen molar-refractivity contribution in [2.75, 3.05) is 13.4 Å². The van der Waals surface area contributed by atoms with Crippen molar-refractivity contribution in [3.8, 4) is 5.75 Å². The van der Waals surface area contributed by atoms with Gasteiger partial charge in [0.15, 0.2) is 0 Å². The highest BCUT2D eigenvalue weighted by molar-refractivity contribution is 7.88. The monoisotopic (exact) mass is 394 g/mol. The maximum absolute atomic E-state index is 13.0. The molecule has 6 nitrogen and oxygen atoms in total. The summed E-state index contributed by atoms with van der Waals surface area (Å²) < 4.78 is 44.0. The lowest BCUT2D eigenvalue weighted by Crippen LogP contribution is -2.34. The number of carbonyl (C=O) groups is 1. The van der Waals surface area contributed by atoms with Gasteiger partial charge in [-0.3, -0.25) is 4.79 Å². The van der Waals surface area contributed by atoms with Crippen LogP contribution in [0.1, 0.15) is 36.6 Å². The smallest absolute Gasteiger partial charge is 0.222 e. The van der Waals surface area contributed by atoms with Crippen molar-refractivity contribution >= 4 is 15.9 Å². The Morgan fingerprint density at radius 3 is 2.15 bits per heavy atom. The Labute approximate surface area is 158 Å². The highest BCUT2D eigenvalue weighted by Gasteiger charge is 2.21. The highest BCUT2D eigenvalue weighted by atomic mass is 32.2. The Bertz CT molecular complexity index is 868. The first kappa shape index (κ1) is 20.9. The van der Waals surface area contributed by atoms with Crippen LogP contribution in [-0.4, -0.2) is 27.7 Å². The summed E-state index contributed by atoms with van der Waals surface area (Å²) in [6.07, 6.45) is 0.966. The zero-order valence-electron chi connectivity index (χ0n) is 15.4. The third-order valence-electron chi connectivity index (χ3n) is 4.01. The molecule has 0 aromatic heterocycles. The number of rotatable bonds is 8. The summed E-state index contributed by atoms with van der Waals surface area (Å²) >= 11 is 0. The first-order valence-electron chi connectivity index (χ1n) is 8.34. The van der Waals surface area contributed by atoms with Crippen LogP contribution in [0.2, 0.25) is 0 Å². The molecule has 1 amide bonds. The van der Waals surface area contributed by atoms with E-state index >= 15 is 0 Å². The van der Waals surface area contributed by atoms with Crippen molar-refractivity contribution in [3.63, 3.8) is 0 Å². The molecular formula is C19H23FN2O4S. The summed E-state index contributed by atoms with van der Waals surface area (Å²) in [7, 11) is -1.99. The number of methoxy groups -OCH3 is 1. The van der Waals surface area contributed by atoms with Gasteiger partial charge in [0.2, 0.25) is 15.9 Å². The van der Waals surface area contributed by atoms with Crippen LogP contribution < -0.4 is 14.8 Å². The van der Waals surface area contributed by atoms with Crippen molar-refractivity contribution < 1.29 is 22.3 Å². The number of hydrogen-bond acceptors (Lipinski definition) is 4. The molecule has 0 fully saturated rings. The van der Waals surface area contributed by atoms with Crippen molar-refractivity contribution in [2.45, 2.75) is 25.4 Å². The normalized spacial score (nSPS) is 13.6. The van der Waals surface area contributed by atoms with E-state index in [9.17, 15) is 17.6 Å². The number of hydrogen-bond donors (Lipinski definition) is 2. The van der Waals surface area contributed by atoms with Gasteiger partial charge < -0.3 is 10.1 Å². The van der Waals surface area contributed by atoms with E-state index in [1.807, 2.05) is 0 Å². The van der Waals surface area contributed by atoms with Gasteiger partial charge in [0.25, 0.3) is 0 Å². The molecule has 146 valence electrons. The molecular weight excluding hydrogens is 371 g/mol. The van der Waals surface area contributed by atoms with Gasteiger partial charge in [0, 0.05) is 6.42 Å². The standard InChI is InChI=1S/C19H23FN2O4S/c1-13(14-4-8-16(20)9-5-14)21-19(23)12-18(22-27(3,24)25)15-6-10-17(26-2)11-7-15/h4-11,13,18,22H,12H2,1-3H3,(H,21,23). The number of sulfonamides is 1. The fraction of sp³-hybridized carbons (Fsp3) is 0.316. The number of nitrogens with one attached hydrogen (secondary N) is 2. The second-order valence-electron chi connectivity index (χ2n) is 6.26. The number of benzene rings is 2. The second-order valence-corrected chi connectivity index (χ2v) is 8.04. The van der Waals surface area contributed by atoms with Gasteiger partial charge in [-0.25, -0.2) is 17.5 Å². The molecule has 2 unspecified atom stereocenters. The summed E-state index contributed by atoms with van der Waals surface area (Å²) in [4.78, 5) is 12.4. The van der Waals surface area contributed by atoms with Gasteiger partial charge in [-0.15, -0.1) is 0 Å². The fourth-order valence-corrected chi connectivity index (χ4v) is 3.38. The first-order chi connectivity index (χ1) is 12.7. The molecule has 0 saturated heterocycles. The minimum absolute atomic E-state index is 0.0784. The van der Waals surface area contributed by atoms with Crippen molar-refractivity contribution in [3.05, 3.63) is 65.5 Å². The average Bonchev–Trinajstić information content (AvgIpc) is 2.60. The van der Waals surface area contributed by atoms with Gasteiger partial charge in [-0.05, 0) is 42.3 Å². The van der Waals surface area contributed by atoms with E-state index in [1.54, 1.807) is 43.3 Å². The lowest BCUT2D eigenvalue weighted by atomic mass is 10.0. The van der Waals surface area contributed by atoms with Gasteiger partial charge in [0.05, 0.1) is 25.4 Å². The molecule has 0 bridgehead atoms. The van der Waals surface area contributed by atoms with Crippen LogP contribution in [0.4, 0.5) is 4.39 Å². The summed E-state index contributed by atoms with van der Waals surface area (Å²) in [6, 6.07) is 11.6. The van der Waals surface area contributed by atoms with E-state index < -0.39 is 16.1 Å². The maximum Gasteiger partial charge on any atom is 0.222 e. The van der Waals surface area contributed by atoms with E-state index in [1.165, 1.54) is 19.2 Å². The van der Waals surface area contributed by atoms with Crippen LogP contribution in [0.3, 0.4) is 0 Å². The summed E-state index contributed by atoms with van der Waals surface area (Å²) in [6.45, 7) is 1.78. The zero-order valence-corrected chi connectivity index (χ0v) is 16.2. The molecule has 0 radical (unpaired) electrons. The van der Waals surface area contributed by atoms with Crippen LogP contribution in [0, 0.1) is 5.82 Å².